The Hall–Kier alpha value is -5.34. The van der Waals surface area contributed by atoms with Gasteiger partial charge in [-0.2, -0.15) is 0 Å². The SMILES string of the molecule is C1=CC(c2ccc3c4ccccc4c4ccccc4c3c2)=C(c2nc(-c3ccccc3)cc(-c3ccccc3)n2)CC1. The number of hydrogen-bond acceptors (Lipinski definition) is 2. The molecule has 0 fully saturated rings. The van der Waals surface area contributed by atoms with E-state index in [0.29, 0.717) is 0 Å². The minimum Gasteiger partial charge on any atom is -0.228 e. The molecule has 6 aromatic carbocycles. The lowest BCUT2D eigenvalue weighted by molar-refractivity contribution is 1.01. The van der Waals surface area contributed by atoms with E-state index in [-0.39, 0.29) is 0 Å². The monoisotopic (exact) mass is 536 g/mol. The molecule has 0 saturated heterocycles. The summed E-state index contributed by atoms with van der Waals surface area (Å²) in [4.78, 5) is 10.4. The Bertz CT molecular complexity index is 2080. The van der Waals surface area contributed by atoms with Gasteiger partial charge in [-0.05, 0) is 68.4 Å². The van der Waals surface area contributed by atoms with Crippen molar-refractivity contribution in [3.05, 3.63) is 157 Å². The Morgan fingerprint density at radius 1 is 0.429 bits per heavy atom. The van der Waals surface area contributed by atoms with Crippen LogP contribution in [0, 0.1) is 0 Å². The third-order valence-electron chi connectivity index (χ3n) is 8.36. The highest BCUT2D eigenvalue weighted by molar-refractivity contribution is 6.25. The maximum atomic E-state index is 5.18. The van der Waals surface area contributed by atoms with E-state index in [1.807, 2.05) is 12.1 Å². The fourth-order valence-electron chi connectivity index (χ4n) is 6.34. The normalized spacial score (nSPS) is 13.3. The van der Waals surface area contributed by atoms with E-state index in [1.165, 1.54) is 49.0 Å². The molecule has 0 atom stereocenters. The number of rotatable bonds is 4. The second-order valence-corrected chi connectivity index (χ2v) is 10.9. The molecule has 0 amide bonds. The summed E-state index contributed by atoms with van der Waals surface area (Å²) in [7, 11) is 0. The topological polar surface area (TPSA) is 25.8 Å². The minimum atomic E-state index is 0.804. The average Bonchev–Trinajstić information content (AvgIpc) is 3.09. The molecule has 0 unspecified atom stereocenters. The molecular formula is C40H28N2. The highest BCUT2D eigenvalue weighted by atomic mass is 14.9. The van der Waals surface area contributed by atoms with Gasteiger partial charge in [-0.25, -0.2) is 9.97 Å². The van der Waals surface area contributed by atoms with Gasteiger partial charge in [-0.1, -0.05) is 133 Å². The van der Waals surface area contributed by atoms with Gasteiger partial charge in [0, 0.05) is 16.7 Å². The third-order valence-corrected chi connectivity index (χ3v) is 8.36. The maximum absolute atomic E-state index is 5.18. The van der Waals surface area contributed by atoms with E-state index < -0.39 is 0 Å². The number of benzene rings is 6. The lowest BCUT2D eigenvalue weighted by Gasteiger charge is -2.18. The first-order valence-corrected chi connectivity index (χ1v) is 14.6. The van der Waals surface area contributed by atoms with Gasteiger partial charge < -0.3 is 0 Å². The van der Waals surface area contributed by atoms with Crippen molar-refractivity contribution in [2.75, 3.05) is 0 Å². The van der Waals surface area contributed by atoms with Gasteiger partial charge >= 0.3 is 0 Å². The number of allylic oxidation sites excluding steroid dienone is 4. The lowest BCUT2D eigenvalue weighted by Crippen LogP contribution is -2.03. The number of aromatic nitrogens is 2. The van der Waals surface area contributed by atoms with E-state index in [2.05, 4.69) is 133 Å². The van der Waals surface area contributed by atoms with E-state index >= 15 is 0 Å². The van der Waals surface area contributed by atoms with Crippen LogP contribution in [0.1, 0.15) is 24.2 Å². The van der Waals surface area contributed by atoms with E-state index in [4.69, 9.17) is 9.97 Å². The van der Waals surface area contributed by atoms with E-state index in [0.717, 1.165) is 41.2 Å². The first-order valence-electron chi connectivity index (χ1n) is 14.6. The van der Waals surface area contributed by atoms with Gasteiger partial charge in [0.15, 0.2) is 5.82 Å². The second kappa shape index (κ2) is 10.2. The Morgan fingerprint density at radius 3 is 1.50 bits per heavy atom. The van der Waals surface area contributed by atoms with Crippen molar-refractivity contribution >= 4 is 43.5 Å². The van der Waals surface area contributed by atoms with Gasteiger partial charge in [0.05, 0.1) is 11.4 Å². The van der Waals surface area contributed by atoms with Crippen molar-refractivity contribution in [1.29, 1.82) is 0 Å². The Kier molecular flexibility index (Phi) is 5.97. The molecule has 0 N–H and O–H groups in total. The zero-order chi connectivity index (χ0) is 27.9. The molecule has 1 aliphatic rings. The summed E-state index contributed by atoms with van der Waals surface area (Å²) < 4.78 is 0. The summed E-state index contributed by atoms with van der Waals surface area (Å²) in [5.41, 5.74) is 7.66. The molecule has 0 aliphatic heterocycles. The van der Waals surface area contributed by atoms with Crippen LogP contribution in [0.4, 0.5) is 0 Å². The molecule has 8 rings (SSSR count). The lowest BCUT2D eigenvalue weighted by atomic mass is 9.88. The van der Waals surface area contributed by atoms with Crippen LogP contribution < -0.4 is 0 Å². The van der Waals surface area contributed by atoms with Crippen molar-refractivity contribution in [1.82, 2.24) is 9.97 Å². The largest absolute Gasteiger partial charge is 0.228 e. The molecule has 7 aromatic rings. The molecule has 1 aliphatic carbocycles. The standard InChI is InChI=1S/C40H28N2/c1-3-13-27(14-4-1)38-26-39(28-15-5-2-6-16-28)42-40(41-38)36-22-12-7-17-30(36)29-23-24-35-33-20-9-8-18-31(33)32-19-10-11-21-34(32)37(35)25-29/h1-11,13-21,23-26H,12,22H2. The number of fused-ring (bicyclic) bond motifs is 6. The highest BCUT2D eigenvalue weighted by Crippen LogP contribution is 2.39. The molecule has 0 saturated carbocycles. The van der Waals surface area contributed by atoms with Crippen LogP contribution in [0.25, 0.3) is 66.0 Å². The maximum Gasteiger partial charge on any atom is 0.157 e. The van der Waals surface area contributed by atoms with Gasteiger partial charge in [0.1, 0.15) is 0 Å². The van der Waals surface area contributed by atoms with Crippen LogP contribution in [0.3, 0.4) is 0 Å². The van der Waals surface area contributed by atoms with E-state index in [1.54, 1.807) is 0 Å². The fourth-order valence-corrected chi connectivity index (χ4v) is 6.34. The Morgan fingerprint density at radius 2 is 0.929 bits per heavy atom. The van der Waals surface area contributed by atoms with Gasteiger partial charge in [0.25, 0.3) is 0 Å². The molecule has 0 bridgehead atoms. The molecule has 2 heteroatoms. The van der Waals surface area contributed by atoms with Gasteiger partial charge in [0.2, 0.25) is 0 Å². The first-order chi connectivity index (χ1) is 20.8. The molecule has 1 aromatic heterocycles. The van der Waals surface area contributed by atoms with Crippen LogP contribution in [0.2, 0.25) is 0 Å². The smallest absolute Gasteiger partial charge is 0.157 e. The zero-order valence-corrected chi connectivity index (χ0v) is 23.2. The van der Waals surface area contributed by atoms with E-state index in [9.17, 15) is 0 Å². The molecule has 1 heterocycles. The van der Waals surface area contributed by atoms with Crippen molar-refractivity contribution in [2.24, 2.45) is 0 Å². The summed E-state index contributed by atoms with van der Waals surface area (Å²) in [6.07, 6.45) is 6.42. The molecule has 42 heavy (non-hydrogen) atoms. The zero-order valence-electron chi connectivity index (χ0n) is 23.2. The van der Waals surface area contributed by atoms with Gasteiger partial charge in [-0.3, -0.25) is 0 Å². The van der Waals surface area contributed by atoms with Crippen LogP contribution in [0.5, 0.6) is 0 Å². The van der Waals surface area contributed by atoms with Gasteiger partial charge in [-0.15, -0.1) is 0 Å². The molecular weight excluding hydrogens is 508 g/mol. The number of nitrogens with zero attached hydrogens (tertiary/aromatic N) is 2. The quantitative estimate of drug-likeness (QED) is 0.209. The van der Waals surface area contributed by atoms with Crippen LogP contribution in [-0.2, 0) is 0 Å². The highest BCUT2D eigenvalue weighted by Gasteiger charge is 2.19. The summed E-state index contributed by atoms with van der Waals surface area (Å²) in [6, 6.07) is 47.4. The predicted octanol–water partition coefficient (Wildman–Crippen LogP) is 10.5. The summed E-state index contributed by atoms with van der Waals surface area (Å²) in [5, 5.41) is 7.71. The predicted molar refractivity (Wildman–Crippen MR) is 177 cm³/mol. The molecule has 0 spiro atoms. The molecule has 2 nitrogen and oxygen atoms in total. The summed E-state index contributed by atoms with van der Waals surface area (Å²) in [6.45, 7) is 0. The van der Waals surface area contributed by atoms with Crippen LogP contribution in [0.15, 0.2) is 146 Å². The Balaban J connectivity index is 1.37. The summed E-state index contributed by atoms with van der Waals surface area (Å²) in [5.74, 6) is 0.804. The third kappa shape index (κ3) is 4.20. The van der Waals surface area contributed by atoms with Crippen LogP contribution >= 0.6 is 0 Å². The molecule has 198 valence electrons. The van der Waals surface area contributed by atoms with Crippen molar-refractivity contribution in [3.63, 3.8) is 0 Å². The minimum absolute atomic E-state index is 0.804. The number of hydrogen-bond donors (Lipinski definition) is 0. The first kappa shape index (κ1) is 24.5. The fraction of sp³-hybridized carbons (Fsp3) is 0.0500. The van der Waals surface area contributed by atoms with Crippen LogP contribution in [-0.4, -0.2) is 9.97 Å². The molecule has 0 radical (unpaired) electrons. The second-order valence-electron chi connectivity index (χ2n) is 10.9. The average molecular weight is 537 g/mol. The summed E-state index contributed by atoms with van der Waals surface area (Å²) >= 11 is 0. The van der Waals surface area contributed by atoms with Crippen molar-refractivity contribution in [3.8, 4) is 22.5 Å². The van der Waals surface area contributed by atoms with Crippen molar-refractivity contribution in [2.45, 2.75) is 12.8 Å². The Labute approximate surface area is 245 Å². The van der Waals surface area contributed by atoms with Crippen molar-refractivity contribution < 1.29 is 0 Å².